The number of methoxy groups -OCH3 is 2. The lowest BCUT2D eigenvalue weighted by Gasteiger charge is -2.22. The molecule has 0 spiro atoms. The first-order chi connectivity index (χ1) is 9.54. The number of hydrogen-bond acceptors (Lipinski definition) is 3. The Labute approximate surface area is 120 Å². The molecular weight excluding hydrogens is 256 g/mol. The predicted molar refractivity (Wildman–Crippen MR) is 78.3 cm³/mol. The molecule has 20 heavy (non-hydrogen) atoms. The number of carbonyl (C=O) groups excluding carboxylic acids is 1. The summed E-state index contributed by atoms with van der Waals surface area (Å²) < 4.78 is 10.7. The van der Waals surface area contributed by atoms with Gasteiger partial charge in [0.15, 0.2) is 17.5 Å². The van der Waals surface area contributed by atoms with Gasteiger partial charge in [-0.1, -0.05) is 6.07 Å². The Morgan fingerprint density at radius 2 is 2.05 bits per heavy atom. The summed E-state index contributed by atoms with van der Waals surface area (Å²) in [7, 11) is 5.25. The van der Waals surface area contributed by atoms with Crippen molar-refractivity contribution in [1.82, 2.24) is 5.32 Å². The van der Waals surface area contributed by atoms with Crippen LogP contribution in [0.2, 0.25) is 0 Å². The van der Waals surface area contributed by atoms with Crippen LogP contribution >= 0.6 is 0 Å². The fourth-order valence-corrected chi connectivity index (χ4v) is 2.10. The standard InChI is InChI=1S/C15H24N2O3/c1-6-16-15(18)11(2)17(3)10-12-8-7-9-13(19-4)14(12)20-5/h7-9,11H,6,10H2,1-5H3,(H,16,18)/p+1/t11-/m1/s1. The summed E-state index contributed by atoms with van der Waals surface area (Å²) in [5.74, 6) is 1.51. The molecule has 2 N–H and O–H groups in total. The Morgan fingerprint density at radius 1 is 1.35 bits per heavy atom. The van der Waals surface area contributed by atoms with Gasteiger partial charge in [0.05, 0.1) is 26.8 Å². The lowest BCUT2D eigenvalue weighted by Crippen LogP contribution is -3.12. The van der Waals surface area contributed by atoms with Crippen LogP contribution in [0.5, 0.6) is 11.5 Å². The number of likely N-dealkylation sites (N-methyl/N-ethyl adjacent to an activating group) is 2. The third-order valence-corrected chi connectivity index (χ3v) is 3.44. The summed E-state index contributed by atoms with van der Waals surface area (Å²) in [5, 5.41) is 2.85. The van der Waals surface area contributed by atoms with Gasteiger partial charge in [0.1, 0.15) is 6.54 Å². The molecular formula is C15H25N2O3+. The van der Waals surface area contributed by atoms with E-state index < -0.39 is 0 Å². The second kappa shape index (κ2) is 7.75. The van der Waals surface area contributed by atoms with Gasteiger partial charge in [-0.25, -0.2) is 0 Å². The molecule has 2 atom stereocenters. The van der Waals surface area contributed by atoms with Gasteiger partial charge in [-0.05, 0) is 26.0 Å². The first-order valence-corrected chi connectivity index (χ1v) is 6.85. The highest BCUT2D eigenvalue weighted by molar-refractivity contribution is 5.79. The van der Waals surface area contributed by atoms with E-state index in [4.69, 9.17) is 9.47 Å². The summed E-state index contributed by atoms with van der Waals surface area (Å²) >= 11 is 0. The highest BCUT2D eigenvalue weighted by Crippen LogP contribution is 2.30. The van der Waals surface area contributed by atoms with Crippen LogP contribution in [0.4, 0.5) is 0 Å². The molecule has 1 rings (SSSR count). The van der Waals surface area contributed by atoms with Gasteiger partial charge in [-0.15, -0.1) is 0 Å². The SMILES string of the molecule is CCNC(=O)[C@@H](C)[NH+](C)Cc1cccc(OC)c1OC. The van der Waals surface area contributed by atoms with E-state index in [0.717, 1.165) is 16.2 Å². The van der Waals surface area contributed by atoms with Crippen LogP contribution in [0.1, 0.15) is 19.4 Å². The molecule has 0 aromatic heterocycles. The van der Waals surface area contributed by atoms with E-state index in [0.29, 0.717) is 18.8 Å². The first kappa shape index (κ1) is 16.3. The van der Waals surface area contributed by atoms with Crippen LogP contribution in [0.3, 0.4) is 0 Å². The molecule has 0 radical (unpaired) electrons. The van der Waals surface area contributed by atoms with Crippen LogP contribution in [-0.4, -0.2) is 39.8 Å². The van der Waals surface area contributed by atoms with Crippen LogP contribution in [-0.2, 0) is 11.3 Å². The molecule has 0 fully saturated rings. The summed E-state index contributed by atoms with van der Waals surface area (Å²) in [4.78, 5) is 13.0. The smallest absolute Gasteiger partial charge is 0.278 e. The Balaban J connectivity index is 2.85. The largest absolute Gasteiger partial charge is 0.493 e. The number of quaternary nitrogens is 1. The van der Waals surface area contributed by atoms with Crippen LogP contribution in [0, 0.1) is 0 Å². The average Bonchev–Trinajstić information content (AvgIpc) is 2.46. The quantitative estimate of drug-likeness (QED) is 0.753. The zero-order valence-corrected chi connectivity index (χ0v) is 12.9. The minimum absolute atomic E-state index is 0.0619. The van der Waals surface area contributed by atoms with Crippen molar-refractivity contribution in [3.05, 3.63) is 23.8 Å². The number of ether oxygens (including phenoxy) is 2. The van der Waals surface area contributed by atoms with E-state index in [1.54, 1.807) is 14.2 Å². The van der Waals surface area contributed by atoms with Crippen molar-refractivity contribution in [2.75, 3.05) is 27.8 Å². The second-order valence-electron chi connectivity index (χ2n) is 4.79. The van der Waals surface area contributed by atoms with Crippen molar-refractivity contribution in [3.63, 3.8) is 0 Å². The molecule has 1 aromatic carbocycles. The third-order valence-electron chi connectivity index (χ3n) is 3.44. The molecule has 0 aliphatic rings. The summed E-state index contributed by atoms with van der Waals surface area (Å²) in [6, 6.07) is 5.67. The zero-order chi connectivity index (χ0) is 15.1. The minimum Gasteiger partial charge on any atom is -0.493 e. The minimum atomic E-state index is -0.120. The van der Waals surface area contributed by atoms with Crippen molar-refractivity contribution in [1.29, 1.82) is 0 Å². The molecule has 0 bridgehead atoms. The van der Waals surface area contributed by atoms with Crippen molar-refractivity contribution in [3.8, 4) is 11.5 Å². The fourth-order valence-electron chi connectivity index (χ4n) is 2.10. The van der Waals surface area contributed by atoms with Crippen LogP contribution in [0.25, 0.3) is 0 Å². The Bertz CT molecular complexity index is 449. The number of rotatable bonds is 7. The number of amides is 1. The Kier molecular flexibility index (Phi) is 6.31. The maximum Gasteiger partial charge on any atom is 0.278 e. The van der Waals surface area contributed by atoms with Gasteiger partial charge < -0.3 is 19.7 Å². The molecule has 0 heterocycles. The molecule has 1 aromatic rings. The number of carbonyl (C=O) groups is 1. The van der Waals surface area contributed by atoms with Gasteiger partial charge in [0.25, 0.3) is 5.91 Å². The molecule has 1 unspecified atom stereocenters. The predicted octanol–water partition coefficient (Wildman–Crippen LogP) is 0.243. The van der Waals surface area contributed by atoms with Crippen LogP contribution in [0.15, 0.2) is 18.2 Å². The monoisotopic (exact) mass is 281 g/mol. The van der Waals surface area contributed by atoms with Crippen molar-refractivity contribution in [2.24, 2.45) is 0 Å². The van der Waals surface area contributed by atoms with Gasteiger partial charge in [0, 0.05) is 6.54 Å². The van der Waals surface area contributed by atoms with Gasteiger partial charge in [-0.3, -0.25) is 4.79 Å². The van der Waals surface area contributed by atoms with E-state index in [-0.39, 0.29) is 11.9 Å². The van der Waals surface area contributed by atoms with Gasteiger partial charge in [-0.2, -0.15) is 0 Å². The molecule has 0 saturated heterocycles. The van der Waals surface area contributed by atoms with Crippen molar-refractivity contribution < 1.29 is 19.2 Å². The third kappa shape index (κ3) is 3.87. The molecule has 5 heteroatoms. The number of hydrogen-bond donors (Lipinski definition) is 2. The lowest BCUT2D eigenvalue weighted by molar-refractivity contribution is -0.908. The summed E-state index contributed by atoms with van der Waals surface area (Å²) in [6.45, 7) is 5.19. The van der Waals surface area contributed by atoms with E-state index in [1.165, 1.54) is 0 Å². The van der Waals surface area contributed by atoms with Gasteiger partial charge in [0.2, 0.25) is 0 Å². The first-order valence-electron chi connectivity index (χ1n) is 6.85. The topological polar surface area (TPSA) is 52.0 Å². The maximum absolute atomic E-state index is 11.9. The number of para-hydroxylation sites is 1. The Morgan fingerprint density at radius 3 is 2.60 bits per heavy atom. The van der Waals surface area contributed by atoms with E-state index in [1.807, 2.05) is 39.1 Å². The maximum atomic E-state index is 11.9. The normalized spacial score (nSPS) is 13.4. The van der Waals surface area contributed by atoms with E-state index in [9.17, 15) is 4.79 Å². The Hall–Kier alpha value is -1.75. The number of benzene rings is 1. The number of nitrogens with one attached hydrogen (secondary N) is 2. The van der Waals surface area contributed by atoms with Crippen molar-refractivity contribution in [2.45, 2.75) is 26.4 Å². The fraction of sp³-hybridized carbons (Fsp3) is 0.533. The lowest BCUT2D eigenvalue weighted by atomic mass is 10.1. The molecule has 0 aliphatic heterocycles. The summed E-state index contributed by atoms with van der Waals surface area (Å²) in [6.07, 6.45) is 0. The molecule has 112 valence electrons. The van der Waals surface area contributed by atoms with Crippen LogP contribution < -0.4 is 19.7 Å². The molecule has 1 amide bonds. The highest BCUT2D eigenvalue weighted by atomic mass is 16.5. The summed E-state index contributed by atoms with van der Waals surface area (Å²) in [5.41, 5.74) is 1.03. The zero-order valence-electron chi connectivity index (χ0n) is 12.9. The van der Waals surface area contributed by atoms with E-state index in [2.05, 4.69) is 5.32 Å². The molecule has 0 saturated carbocycles. The second-order valence-corrected chi connectivity index (χ2v) is 4.79. The molecule has 0 aliphatic carbocycles. The van der Waals surface area contributed by atoms with Gasteiger partial charge >= 0.3 is 0 Å². The van der Waals surface area contributed by atoms with E-state index >= 15 is 0 Å². The molecule has 5 nitrogen and oxygen atoms in total. The van der Waals surface area contributed by atoms with Crippen molar-refractivity contribution >= 4 is 5.91 Å². The highest BCUT2D eigenvalue weighted by Gasteiger charge is 2.23. The average molecular weight is 281 g/mol.